The van der Waals surface area contributed by atoms with E-state index in [2.05, 4.69) is 13.8 Å². The van der Waals surface area contributed by atoms with E-state index >= 15 is 0 Å². The molecule has 24 heavy (non-hydrogen) atoms. The van der Waals surface area contributed by atoms with Crippen molar-refractivity contribution >= 4 is 11.9 Å². The van der Waals surface area contributed by atoms with E-state index in [0.717, 1.165) is 5.75 Å². The first-order valence-corrected chi connectivity index (χ1v) is 8.60. The van der Waals surface area contributed by atoms with Crippen LogP contribution in [0.5, 0.6) is 5.75 Å². The lowest BCUT2D eigenvalue weighted by Crippen LogP contribution is -2.45. The highest BCUT2D eigenvalue weighted by molar-refractivity contribution is 5.78. The van der Waals surface area contributed by atoms with Crippen molar-refractivity contribution in [3.8, 4) is 5.75 Å². The Labute approximate surface area is 143 Å². The number of ether oxygens (including phenoxy) is 1. The lowest BCUT2D eigenvalue weighted by Gasteiger charge is -2.34. The van der Waals surface area contributed by atoms with Crippen LogP contribution in [0.3, 0.4) is 0 Å². The van der Waals surface area contributed by atoms with Crippen LogP contribution in [0.15, 0.2) is 24.3 Å². The van der Waals surface area contributed by atoms with Crippen LogP contribution < -0.4 is 4.74 Å². The van der Waals surface area contributed by atoms with Gasteiger partial charge in [-0.3, -0.25) is 9.59 Å². The second-order valence-electron chi connectivity index (χ2n) is 7.00. The molecule has 1 aliphatic heterocycles. The quantitative estimate of drug-likeness (QED) is 0.868. The van der Waals surface area contributed by atoms with Gasteiger partial charge in [0.15, 0.2) is 0 Å². The number of rotatable bonds is 6. The van der Waals surface area contributed by atoms with E-state index in [1.807, 2.05) is 31.2 Å². The predicted molar refractivity (Wildman–Crippen MR) is 92.1 cm³/mol. The summed E-state index contributed by atoms with van der Waals surface area (Å²) in [5, 5.41) is 9.18. The zero-order valence-corrected chi connectivity index (χ0v) is 14.7. The molecule has 1 amide bonds. The fourth-order valence-corrected chi connectivity index (χ4v) is 3.10. The Morgan fingerprint density at radius 3 is 2.50 bits per heavy atom. The number of benzene rings is 1. The summed E-state index contributed by atoms with van der Waals surface area (Å²) in [6.07, 6.45) is 0.906. The van der Waals surface area contributed by atoms with E-state index < -0.39 is 11.9 Å². The number of piperidine rings is 1. The molecule has 0 bridgehead atoms. The van der Waals surface area contributed by atoms with Gasteiger partial charge in [-0.25, -0.2) is 0 Å². The zero-order chi connectivity index (χ0) is 17.7. The van der Waals surface area contributed by atoms with Gasteiger partial charge < -0.3 is 14.7 Å². The summed E-state index contributed by atoms with van der Waals surface area (Å²) in [6.45, 7) is 7.51. The van der Waals surface area contributed by atoms with Gasteiger partial charge in [0.1, 0.15) is 5.75 Å². The van der Waals surface area contributed by atoms with E-state index in [-0.39, 0.29) is 18.2 Å². The summed E-state index contributed by atoms with van der Waals surface area (Å²) in [5.41, 5.74) is 1.25. The van der Waals surface area contributed by atoms with E-state index in [4.69, 9.17) is 4.74 Å². The van der Waals surface area contributed by atoms with Crippen molar-refractivity contribution in [2.24, 2.45) is 11.8 Å². The van der Waals surface area contributed by atoms with Crippen LogP contribution in [-0.2, 0) is 9.59 Å². The van der Waals surface area contributed by atoms with Gasteiger partial charge in [-0.15, -0.1) is 0 Å². The van der Waals surface area contributed by atoms with Crippen LogP contribution in [0.2, 0.25) is 0 Å². The van der Waals surface area contributed by atoms with Gasteiger partial charge in [0, 0.05) is 13.1 Å². The van der Waals surface area contributed by atoms with Gasteiger partial charge >= 0.3 is 5.97 Å². The molecule has 2 rings (SSSR count). The van der Waals surface area contributed by atoms with Gasteiger partial charge in [-0.1, -0.05) is 32.9 Å². The SMILES string of the molecule is CC1CC(C(=O)O)CN(C(=O)CCOc2ccc(C(C)C)cc2)C1. The topological polar surface area (TPSA) is 66.8 Å². The highest BCUT2D eigenvalue weighted by Gasteiger charge is 2.31. The zero-order valence-electron chi connectivity index (χ0n) is 14.7. The van der Waals surface area contributed by atoms with Crippen LogP contribution in [-0.4, -0.2) is 41.6 Å². The molecule has 5 nitrogen and oxygen atoms in total. The van der Waals surface area contributed by atoms with Gasteiger partial charge in [0.2, 0.25) is 5.91 Å². The molecule has 132 valence electrons. The average Bonchev–Trinajstić information content (AvgIpc) is 2.54. The Hall–Kier alpha value is -2.04. The fraction of sp³-hybridized carbons (Fsp3) is 0.579. The molecule has 1 aromatic carbocycles. The first-order chi connectivity index (χ1) is 11.4. The van der Waals surface area contributed by atoms with Crippen molar-refractivity contribution in [1.29, 1.82) is 0 Å². The van der Waals surface area contributed by atoms with Crippen molar-refractivity contribution in [2.75, 3.05) is 19.7 Å². The van der Waals surface area contributed by atoms with Crippen molar-refractivity contribution in [1.82, 2.24) is 4.90 Å². The molecule has 2 atom stereocenters. The summed E-state index contributed by atoms with van der Waals surface area (Å²) in [5.74, 6) is 0.134. The maximum atomic E-state index is 12.3. The van der Waals surface area contributed by atoms with Crippen LogP contribution in [0.25, 0.3) is 0 Å². The highest BCUT2D eigenvalue weighted by atomic mass is 16.5. The van der Waals surface area contributed by atoms with Gasteiger partial charge in [0.25, 0.3) is 0 Å². The average molecular weight is 333 g/mol. The Kier molecular flexibility index (Phi) is 6.23. The third-order valence-corrected chi connectivity index (χ3v) is 4.49. The Bertz CT molecular complexity index is 567. The Morgan fingerprint density at radius 1 is 1.25 bits per heavy atom. The van der Waals surface area contributed by atoms with E-state index in [9.17, 15) is 14.7 Å². The molecular formula is C19H27NO4. The molecule has 1 saturated heterocycles. The first kappa shape index (κ1) is 18.3. The third kappa shape index (κ3) is 4.98. The lowest BCUT2D eigenvalue weighted by atomic mass is 9.90. The van der Waals surface area contributed by atoms with Crippen molar-refractivity contribution in [3.63, 3.8) is 0 Å². The van der Waals surface area contributed by atoms with Crippen molar-refractivity contribution < 1.29 is 19.4 Å². The Morgan fingerprint density at radius 2 is 1.92 bits per heavy atom. The van der Waals surface area contributed by atoms with E-state index in [1.54, 1.807) is 4.90 Å². The molecule has 0 aromatic heterocycles. The highest BCUT2D eigenvalue weighted by Crippen LogP contribution is 2.23. The number of carboxylic acids is 1. The number of carboxylic acid groups (broad SMARTS) is 1. The van der Waals surface area contributed by atoms with E-state index in [0.29, 0.717) is 32.0 Å². The Balaban J connectivity index is 1.81. The molecule has 1 aromatic rings. The van der Waals surface area contributed by atoms with Gasteiger partial charge in [-0.2, -0.15) is 0 Å². The molecule has 1 heterocycles. The minimum Gasteiger partial charge on any atom is -0.493 e. The van der Waals surface area contributed by atoms with Gasteiger partial charge in [-0.05, 0) is 36.0 Å². The number of carbonyl (C=O) groups excluding carboxylic acids is 1. The minimum atomic E-state index is -0.819. The summed E-state index contributed by atoms with van der Waals surface area (Å²) in [6, 6.07) is 7.91. The molecule has 0 radical (unpaired) electrons. The molecule has 0 spiro atoms. The number of carbonyl (C=O) groups is 2. The molecule has 0 aliphatic carbocycles. The predicted octanol–water partition coefficient (Wildman–Crippen LogP) is 3.15. The molecule has 1 aliphatic rings. The smallest absolute Gasteiger partial charge is 0.308 e. The lowest BCUT2D eigenvalue weighted by molar-refractivity contribution is -0.147. The summed E-state index contributed by atoms with van der Waals surface area (Å²) in [4.78, 5) is 25.1. The summed E-state index contributed by atoms with van der Waals surface area (Å²) in [7, 11) is 0. The fourth-order valence-electron chi connectivity index (χ4n) is 3.10. The number of likely N-dealkylation sites (tertiary alicyclic amines) is 1. The second kappa shape index (κ2) is 8.18. The van der Waals surface area contributed by atoms with Crippen LogP contribution >= 0.6 is 0 Å². The normalized spacial score (nSPS) is 20.9. The molecule has 1 fully saturated rings. The molecule has 1 N–H and O–H groups in total. The maximum absolute atomic E-state index is 12.3. The number of amides is 1. The van der Waals surface area contributed by atoms with Crippen LogP contribution in [0.1, 0.15) is 45.1 Å². The summed E-state index contributed by atoms with van der Waals surface area (Å²) < 4.78 is 5.64. The first-order valence-electron chi connectivity index (χ1n) is 8.60. The largest absolute Gasteiger partial charge is 0.493 e. The summed E-state index contributed by atoms with van der Waals surface area (Å²) >= 11 is 0. The maximum Gasteiger partial charge on any atom is 0.308 e. The number of hydrogen-bond donors (Lipinski definition) is 1. The minimum absolute atomic E-state index is 0.0356. The molecular weight excluding hydrogens is 306 g/mol. The number of hydrogen-bond acceptors (Lipinski definition) is 3. The standard InChI is InChI=1S/C19H27NO4/c1-13(2)15-4-6-17(7-5-15)24-9-8-18(21)20-11-14(3)10-16(12-20)19(22)23/h4-7,13-14,16H,8-12H2,1-3H3,(H,22,23). The molecule has 2 unspecified atom stereocenters. The van der Waals surface area contributed by atoms with Crippen LogP contribution in [0, 0.1) is 11.8 Å². The second-order valence-corrected chi connectivity index (χ2v) is 7.00. The van der Waals surface area contributed by atoms with E-state index in [1.165, 1.54) is 5.56 Å². The monoisotopic (exact) mass is 333 g/mol. The van der Waals surface area contributed by atoms with Crippen molar-refractivity contribution in [2.45, 2.75) is 39.5 Å². The number of nitrogens with zero attached hydrogens (tertiary/aromatic N) is 1. The molecule has 5 heteroatoms. The van der Waals surface area contributed by atoms with Gasteiger partial charge in [0.05, 0.1) is 18.9 Å². The van der Waals surface area contributed by atoms with Crippen molar-refractivity contribution in [3.05, 3.63) is 29.8 Å². The molecule has 0 saturated carbocycles. The van der Waals surface area contributed by atoms with Crippen LogP contribution in [0.4, 0.5) is 0 Å². The third-order valence-electron chi connectivity index (χ3n) is 4.49. The number of aliphatic carboxylic acids is 1.